The van der Waals surface area contributed by atoms with Crippen LogP contribution in [0.5, 0.6) is 0 Å². The Hall–Kier alpha value is -2.40. The number of primary amides is 1. The zero-order chi connectivity index (χ0) is 18.9. The number of benzene rings is 1. The summed E-state index contributed by atoms with van der Waals surface area (Å²) >= 11 is 0. The third-order valence-electron chi connectivity index (χ3n) is 6.01. The summed E-state index contributed by atoms with van der Waals surface area (Å²) in [6.45, 7) is 1.64. The summed E-state index contributed by atoms with van der Waals surface area (Å²) in [5.41, 5.74) is 9.45. The van der Waals surface area contributed by atoms with Crippen LogP contribution in [0.2, 0.25) is 0 Å². The summed E-state index contributed by atoms with van der Waals surface area (Å²) in [7, 11) is 0. The van der Waals surface area contributed by atoms with E-state index in [0.717, 1.165) is 56.3 Å². The van der Waals surface area contributed by atoms with Gasteiger partial charge in [0.05, 0.1) is 12.2 Å². The molecular formula is C22H27N3O2. The maximum absolute atomic E-state index is 12.1. The second kappa shape index (κ2) is 7.31. The first-order valence-corrected chi connectivity index (χ1v) is 9.83. The average Bonchev–Trinajstić information content (AvgIpc) is 3.15. The molecule has 4 rings (SSSR count). The molecule has 1 aromatic heterocycles. The quantitative estimate of drug-likeness (QED) is 0.853. The first-order valence-electron chi connectivity index (χ1n) is 9.83. The summed E-state index contributed by atoms with van der Waals surface area (Å²) in [5.74, 6) is 0.282. The van der Waals surface area contributed by atoms with Crippen LogP contribution in [-0.2, 0) is 19.3 Å². The second-order valence-electron chi connectivity index (χ2n) is 8.03. The van der Waals surface area contributed by atoms with Gasteiger partial charge in [-0.25, -0.2) is 4.98 Å². The Labute approximate surface area is 160 Å². The summed E-state index contributed by atoms with van der Waals surface area (Å²) in [6.07, 6.45) is 5.76. The normalized spacial score (nSPS) is 21.9. The maximum Gasteiger partial charge on any atom is 0.252 e. The second-order valence-corrected chi connectivity index (χ2v) is 8.03. The van der Waals surface area contributed by atoms with Gasteiger partial charge in [0.1, 0.15) is 5.82 Å². The summed E-state index contributed by atoms with van der Waals surface area (Å²) < 4.78 is 0. The van der Waals surface area contributed by atoms with E-state index in [-0.39, 0.29) is 12.0 Å². The Morgan fingerprint density at radius 2 is 2.04 bits per heavy atom. The Morgan fingerprint density at radius 1 is 1.22 bits per heavy atom. The highest BCUT2D eigenvalue weighted by atomic mass is 16.3. The minimum Gasteiger partial charge on any atom is -0.396 e. The van der Waals surface area contributed by atoms with Crippen molar-refractivity contribution in [2.75, 3.05) is 24.6 Å². The highest BCUT2D eigenvalue weighted by Crippen LogP contribution is 2.37. The number of piperidine rings is 1. The molecule has 2 aromatic rings. The number of nitrogens with two attached hydrogens (primary N) is 1. The van der Waals surface area contributed by atoms with Crippen LogP contribution in [0.15, 0.2) is 36.4 Å². The molecule has 0 bridgehead atoms. The third-order valence-corrected chi connectivity index (χ3v) is 6.01. The van der Waals surface area contributed by atoms with Crippen molar-refractivity contribution in [3.8, 4) is 0 Å². The van der Waals surface area contributed by atoms with Crippen molar-refractivity contribution in [1.82, 2.24) is 4.98 Å². The molecule has 0 saturated carbocycles. The van der Waals surface area contributed by atoms with Crippen LogP contribution in [0.4, 0.5) is 5.82 Å². The largest absolute Gasteiger partial charge is 0.396 e. The molecule has 1 aliphatic carbocycles. The fraction of sp³-hybridized carbons (Fsp3) is 0.455. The van der Waals surface area contributed by atoms with E-state index in [1.807, 2.05) is 24.3 Å². The summed E-state index contributed by atoms with van der Waals surface area (Å²) in [5, 5.41) is 10.3. The number of fused-ring (bicyclic) bond motifs is 1. The van der Waals surface area contributed by atoms with E-state index in [9.17, 15) is 9.90 Å². The zero-order valence-electron chi connectivity index (χ0n) is 15.7. The van der Waals surface area contributed by atoms with Crippen LogP contribution in [0.3, 0.4) is 0 Å². The number of aryl methyl sites for hydroxylation is 2. The number of pyridine rings is 1. The molecule has 1 aromatic carbocycles. The molecule has 5 heteroatoms. The summed E-state index contributed by atoms with van der Waals surface area (Å²) in [6, 6.07) is 12.2. The number of hydrogen-bond donors (Lipinski definition) is 2. The number of amides is 1. The van der Waals surface area contributed by atoms with Crippen molar-refractivity contribution in [2.24, 2.45) is 11.1 Å². The SMILES string of the molecule is NC(=O)c1cc2c(nc1N1CCC[C@](CO)(Cc3ccccc3)C1)CCC2. The molecule has 1 fully saturated rings. The molecule has 27 heavy (non-hydrogen) atoms. The Bertz CT molecular complexity index is 837. The molecule has 142 valence electrons. The van der Waals surface area contributed by atoms with Gasteiger partial charge in [-0.15, -0.1) is 0 Å². The van der Waals surface area contributed by atoms with Crippen LogP contribution < -0.4 is 10.6 Å². The highest BCUT2D eigenvalue weighted by Gasteiger charge is 2.37. The van der Waals surface area contributed by atoms with Crippen molar-refractivity contribution in [1.29, 1.82) is 0 Å². The average molecular weight is 365 g/mol. The van der Waals surface area contributed by atoms with E-state index in [1.54, 1.807) is 0 Å². The van der Waals surface area contributed by atoms with E-state index >= 15 is 0 Å². The lowest BCUT2D eigenvalue weighted by atomic mass is 9.75. The van der Waals surface area contributed by atoms with Gasteiger partial charge in [0, 0.05) is 24.2 Å². The number of aromatic nitrogens is 1. The minimum atomic E-state index is -0.421. The van der Waals surface area contributed by atoms with Gasteiger partial charge in [0.2, 0.25) is 0 Å². The van der Waals surface area contributed by atoms with Gasteiger partial charge in [-0.2, -0.15) is 0 Å². The predicted octanol–water partition coefficient (Wildman–Crippen LogP) is 2.49. The maximum atomic E-state index is 12.1. The number of anilines is 1. The molecule has 2 aliphatic rings. The van der Waals surface area contributed by atoms with E-state index in [1.165, 1.54) is 5.56 Å². The van der Waals surface area contributed by atoms with Crippen molar-refractivity contribution in [2.45, 2.75) is 38.5 Å². The Balaban J connectivity index is 1.65. The highest BCUT2D eigenvalue weighted by molar-refractivity contribution is 5.98. The molecule has 1 amide bonds. The first kappa shape index (κ1) is 18.0. The molecule has 2 heterocycles. The van der Waals surface area contributed by atoms with E-state index in [0.29, 0.717) is 17.9 Å². The van der Waals surface area contributed by atoms with Crippen molar-refractivity contribution in [3.63, 3.8) is 0 Å². The Kier molecular flexibility index (Phi) is 4.87. The van der Waals surface area contributed by atoms with Gasteiger partial charge in [-0.05, 0) is 55.7 Å². The Morgan fingerprint density at radius 3 is 2.78 bits per heavy atom. The van der Waals surface area contributed by atoms with Gasteiger partial charge in [0.15, 0.2) is 0 Å². The summed E-state index contributed by atoms with van der Waals surface area (Å²) in [4.78, 5) is 19.1. The third kappa shape index (κ3) is 3.56. The molecular weight excluding hydrogens is 338 g/mol. The number of aliphatic hydroxyl groups is 1. The van der Waals surface area contributed by atoms with Crippen molar-refractivity contribution < 1.29 is 9.90 Å². The smallest absolute Gasteiger partial charge is 0.252 e. The minimum absolute atomic E-state index is 0.120. The lowest BCUT2D eigenvalue weighted by molar-refractivity contribution is 0.0994. The lowest BCUT2D eigenvalue weighted by Gasteiger charge is -2.43. The topological polar surface area (TPSA) is 79.5 Å². The fourth-order valence-electron chi connectivity index (χ4n) is 4.63. The molecule has 0 spiro atoms. The van der Waals surface area contributed by atoms with E-state index in [4.69, 9.17) is 10.7 Å². The lowest BCUT2D eigenvalue weighted by Crippen LogP contribution is -2.47. The monoisotopic (exact) mass is 365 g/mol. The van der Waals surface area contributed by atoms with Crippen LogP contribution in [0.1, 0.15) is 46.4 Å². The zero-order valence-corrected chi connectivity index (χ0v) is 15.7. The molecule has 0 radical (unpaired) electrons. The number of carbonyl (C=O) groups is 1. The number of carbonyl (C=O) groups excluding carboxylic acids is 1. The van der Waals surface area contributed by atoms with Gasteiger partial charge in [-0.3, -0.25) is 4.79 Å². The number of nitrogens with zero attached hydrogens (tertiary/aromatic N) is 2. The molecule has 0 unspecified atom stereocenters. The number of rotatable bonds is 5. The van der Waals surface area contributed by atoms with Gasteiger partial charge < -0.3 is 15.7 Å². The van der Waals surface area contributed by atoms with Crippen LogP contribution in [0, 0.1) is 5.41 Å². The molecule has 1 saturated heterocycles. The molecule has 5 nitrogen and oxygen atoms in total. The standard InChI is InChI=1S/C22H27N3O2/c23-20(27)18-12-17-8-4-9-19(17)24-21(18)25-11-5-10-22(14-25,15-26)13-16-6-2-1-3-7-16/h1-3,6-7,12,26H,4-5,8-11,13-15H2,(H2,23,27)/t22-/m0/s1. The fourth-order valence-corrected chi connectivity index (χ4v) is 4.63. The molecule has 3 N–H and O–H groups in total. The van der Waals surface area contributed by atoms with Gasteiger partial charge in [0.25, 0.3) is 5.91 Å². The molecule has 1 aliphatic heterocycles. The van der Waals surface area contributed by atoms with Crippen LogP contribution >= 0.6 is 0 Å². The van der Waals surface area contributed by atoms with Crippen LogP contribution in [-0.4, -0.2) is 35.7 Å². The molecule has 1 atom stereocenters. The number of hydrogen-bond acceptors (Lipinski definition) is 4. The van der Waals surface area contributed by atoms with Gasteiger partial charge >= 0.3 is 0 Å². The predicted molar refractivity (Wildman–Crippen MR) is 106 cm³/mol. The van der Waals surface area contributed by atoms with Crippen LogP contribution in [0.25, 0.3) is 0 Å². The van der Waals surface area contributed by atoms with Crippen molar-refractivity contribution in [3.05, 3.63) is 58.8 Å². The van der Waals surface area contributed by atoms with E-state index < -0.39 is 5.91 Å². The van der Waals surface area contributed by atoms with Gasteiger partial charge in [-0.1, -0.05) is 30.3 Å². The first-order chi connectivity index (χ1) is 13.1. The van der Waals surface area contributed by atoms with Crippen molar-refractivity contribution >= 4 is 11.7 Å². The number of aliphatic hydroxyl groups excluding tert-OH is 1. The van der Waals surface area contributed by atoms with E-state index in [2.05, 4.69) is 17.0 Å².